The number of thiazole rings is 1. The molecule has 0 saturated carbocycles. The number of aromatic carboxylic acids is 1. The standard InChI is InChI=1S/C15H16N2O3S/c1-3-15(2,14-16-7-8-21-14)17-12(18)10-5-4-6-11(9-10)13(19)20/h4-9H,3H2,1-2H3,(H,17,18)(H,19,20)/t15-/m0/s1. The van der Waals surface area contributed by atoms with Crippen LogP contribution in [0.3, 0.4) is 0 Å². The normalized spacial score (nSPS) is 13.4. The molecule has 0 radical (unpaired) electrons. The fourth-order valence-corrected chi connectivity index (χ4v) is 2.73. The highest BCUT2D eigenvalue weighted by Crippen LogP contribution is 2.26. The van der Waals surface area contributed by atoms with Crippen LogP contribution in [0.2, 0.25) is 0 Å². The summed E-state index contributed by atoms with van der Waals surface area (Å²) in [6, 6.07) is 5.99. The fourth-order valence-electron chi connectivity index (χ4n) is 1.91. The Hall–Kier alpha value is -2.21. The summed E-state index contributed by atoms with van der Waals surface area (Å²) in [5, 5.41) is 14.6. The monoisotopic (exact) mass is 304 g/mol. The Morgan fingerprint density at radius 3 is 2.67 bits per heavy atom. The maximum atomic E-state index is 12.4. The van der Waals surface area contributed by atoms with Crippen molar-refractivity contribution in [3.05, 3.63) is 52.0 Å². The van der Waals surface area contributed by atoms with Gasteiger partial charge in [0.2, 0.25) is 0 Å². The third-order valence-electron chi connectivity index (χ3n) is 3.37. The van der Waals surface area contributed by atoms with Gasteiger partial charge in [0.25, 0.3) is 5.91 Å². The third-order valence-corrected chi connectivity index (χ3v) is 4.41. The molecule has 6 heteroatoms. The molecule has 2 rings (SSSR count). The molecule has 5 nitrogen and oxygen atoms in total. The number of carbonyl (C=O) groups excluding carboxylic acids is 1. The molecule has 1 heterocycles. The molecule has 2 N–H and O–H groups in total. The highest BCUT2D eigenvalue weighted by molar-refractivity contribution is 7.09. The van der Waals surface area contributed by atoms with Crippen LogP contribution in [-0.4, -0.2) is 22.0 Å². The molecule has 1 aromatic carbocycles. The Morgan fingerprint density at radius 1 is 1.38 bits per heavy atom. The zero-order valence-corrected chi connectivity index (χ0v) is 12.6. The largest absolute Gasteiger partial charge is 0.478 e. The number of nitrogens with one attached hydrogen (secondary N) is 1. The van der Waals surface area contributed by atoms with Crippen LogP contribution >= 0.6 is 11.3 Å². The van der Waals surface area contributed by atoms with Gasteiger partial charge >= 0.3 is 5.97 Å². The number of aromatic nitrogens is 1. The third kappa shape index (κ3) is 3.28. The fraction of sp³-hybridized carbons (Fsp3) is 0.267. The van der Waals surface area contributed by atoms with E-state index in [9.17, 15) is 9.59 Å². The zero-order valence-electron chi connectivity index (χ0n) is 11.8. The van der Waals surface area contributed by atoms with Crippen molar-refractivity contribution in [2.75, 3.05) is 0 Å². The number of carbonyl (C=O) groups is 2. The van der Waals surface area contributed by atoms with Crippen molar-refractivity contribution >= 4 is 23.2 Å². The predicted molar refractivity (Wildman–Crippen MR) is 80.6 cm³/mol. The summed E-state index contributed by atoms with van der Waals surface area (Å²) in [5.41, 5.74) is -0.147. The van der Waals surface area contributed by atoms with Gasteiger partial charge in [-0.15, -0.1) is 11.3 Å². The van der Waals surface area contributed by atoms with Crippen LogP contribution in [0.1, 0.15) is 46.0 Å². The second-order valence-electron chi connectivity index (χ2n) is 4.86. The van der Waals surface area contributed by atoms with Gasteiger partial charge in [0.15, 0.2) is 0 Å². The molecule has 0 bridgehead atoms. The summed E-state index contributed by atoms with van der Waals surface area (Å²) in [4.78, 5) is 27.6. The van der Waals surface area contributed by atoms with E-state index in [1.165, 1.54) is 23.5 Å². The van der Waals surface area contributed by atoms with E-state index in [0.717, 1.165) is 5.01 Å². The molecule has 0 saturated heterocycles. The van der Waals surface area contributed by atoms with E-state index < -0.39 is 11.5 Å². The maximum absolute atomic E-state index is 12.4. The van der Waals surface area contributed by atoms with Gasteiger partial charge < -0.3 is 10.4 Å². The first-order valence-corrected chi connectivity index (χ1v) is 7.40. The maximum Gasteiger partial charge on any atom is 0.335 e. The Balaban J connectivity index is 2.24. The lowest BCUT2D eigenvalue weighted by Crippen LogP contribution is -2.43. The number of amides is 1. The molecule has 1 amide bonds. The minimum atomic E-state index is -1.05. The van der Waals surface area contributed by atoms with Crippen molar-refractivity contribution < 1.29 is 14.7 Å². The van der Waals surface area contributed by atoms with Gasteiger partial charge in [0.05, 0.1) is 11.1 Å². The average molecular weight is 304 g/mol. The number of nitrogens with zero attached hydrogens (tertiary/aromatic N) is 1. The van der Waals surface area contributed by atoms with Crippen molar-refractivity contribution in [3.8, 4) is 0 Å². The van der Waals surface area contributed by atoms with Crippen molar-refractivity contribution in [1.29, 1.82) is 0 Å². The number of benzene rings is 1. The summed E-state index contributed by atoms with van der Waals surface area (Å²) in [6.45, 7) is 3.88. The van der Waals surface area contributed by atoms with Crippen molar-refractivity contribution in [3.63, 3.8) is 0 Å². The molecule has 0 unspecified atom stereocenters. The van der Waals surface area contributed by atoms with Crippen molar-refractivity contribution in [2.45, 2.75) is 25.8 Å². The Kier molecular flexibility index (Phi) is 4.37. The first-order valence-electron chi connectivity index (χ1n) is 6.52. The summed E-state index contributed by atoms with van der Waals surface area (Å²) >= 11 is 1.48. The average Bonchev–Trinajstić information content (AvgIpc) is 3.02. The second kappa shape index (κ2) is 6.05. The van der Waals surface area contributed by atoms with E-state index >= 15 is 0 Å². The highest BCUT2D eigenvalue weighted by Gasteiger charge is 2.29. The molecule has 21 heavy (non-hydrogen) atoms. The van der Waals surface area contributed by atoms with Gasteiger partial charge in [-0.25, -0.2) is 9.78 Å². The number of carboxylic acids is 1. The summed E-state index contributed by atoms with van der Waals surface area (Å²) in [6.07, 6.45) is 2.38. The molecular formula is C15H16N2O3S. The zero-order chi connectivity index (χ0) is 15.5. The lowest BCUT2D eigenvalue weighted by molar-refractivity contribution is 0.0697. The molecule has 0 aliphatic rings. The van der Waals surface area contributed by atoms with E-state index in [0.29, 0.717) is 12.0 Å². The molecule has 0 fully saturated rings. The Morgan fingerprint density at radius 2 is 2.10 bits per heavy atom. The molecule has 1 aromatic heterocycles. The van der Waals surface area contributed by atoms with Crippen LogP contribution in [0, 0.1) is 0 Å². The Labute approximate surface area is 126 Å². The molecule has 0 aliphatic carbocycles. The topological polar surface area (TPSA) is 79.3 Å². The SMILES string of the molecule is CC[C@](C)(NC(=O)c1cccc(C(=O)O)c1)c1nccs1. The quantitative estimate of drug-likeness (QED) is 0.890. The van der Waals surface area contributed by atoms with Gasteiger partial charge in [-0.1, -0.05) is 13.0 Å². The van der Waals surface area contributed by atoms with Crippen LogP contribution in [0.25, 0.3) is 0 Å². The van der Waals surface area contributed by atoms with Crippen LogP contribution in [0.4, 0.5) is 0 Å². The van der Waals surface area contributed by atoms with Gasteiger partial charge in [-0.05, 0) is 31.5 Å². The van der Waals surface area contributed by atoms with Gasteiger partial charge in [-0.3, -0.25) is 4.79 Å². The first kappa shape index (κ1) is 15.2. The molecule has 0 aliphatic heterocycles. The van der Waals surface area contributed by atoms with Crippen molar-refractivity contribution in [2.24, 2.45) is 0 Å². The van der Waals surface area contributed by atoms with Crippen LogP contribution in [0.5, 0.6) is 0 Å². The molecule has 110 valence electrons. The second-order valence-corrected chi connectivity index (χ2v) is 5.76. The predicted octanol–water partition coefficient (Wildman–Crippen LogP) is 2.90. The van der Waals surface area contributed by atoms with E-state index in [1.54, 1.807) is 18.3 Å². The minimum absolute atomic E-state index is 0.0927. The number of hydrogen-bond acceptors (Lipinski definition) is 4. The first-order chi connectivity index (χ1) is 9.96. The minimum Gasteiger partial charge on any atom is -0.478 e. The van der Waals surface area contributed by atoms with Gasteiger partial charge in [0.1, 0.15) is 5.01 Å². The molecule has 2 aromatic rings. The Bertz CT molecular complexity index is 655. The number of hydrogen-bond donors (Lipinski definition) is 2. The van der Waals surface area contributed by atoms with Gasteiger partial charge in [0, 0.05) is 17.1 Å². The van der Waals surface area contributed by atoms with E-state index in [4.69, 9.17) is 5.11 Å². The van der Waals surface area contributed by atoms with E-state index in [2.05, 4.69) is 10.3 Å². The molecule has 1 atom stereocenters. The smallest absolute Gasteiger partial charge is 0.335 e. The lowest BCUT2D eigenvalue weighted by atomic mass is 9.99. The summed E-state index contributed by atoms with van der Waals surface area (Å²) in [5.74, 6) is -1.36. The summed E-state index contributed by atoms with van der Waals surface area (Å²) in [7, 11) is 0. The summed E-state index contributed by atoms with van der Waals surface area (Å²) < 4.78 is 0. The van der Waals surface area contributed by atoms with Crippen LogP contribution in [0.15, 0.2) is 35.8 Å². The van der Waals surface area contributed by atoms with E-state index in [1.807, 2.05) is 19.2 Å². The van der Waals surface area contributed by atoms with Gasteiger partial charge in [-0.2, -0.15) is 0 Å². The number of rotatable bonds is 5. The van der Waals surface area contributed by atoms with Crippen LogP contribution < -0.4 is 5.32 Å². The van der Waals surface area contributed by atoms with E-state index in [-0.39, 0.29) is 11.5 Å². The molecule has 0 spiro atoms. The molecular weight excluding hydrogens is 288 g/mol. The highest BCUT2D eigenvalue weighted by atomic mass is 32.1. The number of carboxylic acid groups (broad SMARTS) is 1. The van der Waals surface area contributed by atoms with Crippen LogP contribution in [-0.2, 0) is 5.54 Å². The van der Waals surface area contributed by atoms with Crippen molar-refractivity contribution in [1.82, 2.24) is 10.3 Å². The lowest BCUT2D eigenvalue weighted by Gasteiger charge is -2.27.